The molecule has 4 nitrogen and oxygen atoms in total. The predicted octanol–water partition coefficient (Wildman–Crippen LogP) is 2.80. The number of fused-ring (bicyclic) bond motifs is 1. The number of hydrogen-bond acceptors (Lipinski definition) is 5. The van der Waals surface area contributed by atoms with E-state index in [1.54, 1.807) is 11.3 Å². The number of rotatable bonds is 1. The van der Waals surface area contributed by atoms with Crippen molar-refractivity contribution in [2.24, 2.45) is 0 Å². The molecule has 2 heterocycles. The van der Waals surface area contributed by atoms with Crippen LogP contribution in [0, 0.1) is 6.92 Å². The van der Waals surface area contributed by atoms with Crippen LogP contribution in [0.4, 0.5) is 11.4 Å². The van der Waals surface area contributed by atoms with Gasteiger partial charge in [0, 0.05) is 19.7 Å². The maximum Gasteiger partial charge on any atom is 0.0907 e. The summed E-state index contributed by atoms with van der Waals surface area (Å²) in [5.41, 5.74) is 9.20. The van der Waals surface area contributed by atoms with Crippen molar-refractivity contribution < 1.29 is 4.74 Å². The van der Waals surface area contributed by atoms with Gasteiger partial charge in [0.25, 0.3) is 0 Å². The number of hydrogen-bond donors (Lipinski definition) is 1. The van der Waals surface area contributed by atoms with Crippen molar-refractivity contribution in [3.8, 4) is 0 Å². The van der Waals surface area contributed by atoms with Gasteiger partial charge < -0.3 is 15.4 Å². The lowest BCUT2D eigenvalue weighted by atomic mass is 10.2. The second-order valence-corrected chi connectivity index (χ2v) is 6.33. The van der Waals surface area contributed by atoms with Gasteiger partial charge in [-0.1, -0.05) is 0 Å². The van der Waals surface area contributed by atoms with Crippen LogP contribution in [-0.2, 0) is 4.74 Å². The van der Waals surface area contributed by atoms with Crippen LogP contribution in [0.5, 0.6) is 0 Å². The molecule has 1 aliphatic rings. The van der Waals surface area contributed by atoms with Gasteiger partial charge >= 0.3 is 0 Å². The maximum atomic E-state index is 6.22. The SMILES string of the molecule is Cc1nc2cc(N3CCCOC(C)C3)c(N)cc2s1. The van der Waals surface area contributed by atoms with Crippen molar-refractivity contribution in [3.05, 3.63) is 17.1 Å². The Morgan fingerprint density at radius 3 is 3.16 bits per heavy atom. The quantitative estimate of drug-likeness (QED) is 0.814. The first kappa shape index (κ1) is 12.7. The lowest BCUT2D eigenvalue weighted by Crippen LogP contribution is -2.30. The zero-order valence-electron chi connectivity index (χ0n) is 11.3. The van der Waals surface area contributed by atoms with Crippen LogP contribution < -0.4 is 10.6 Å². The van der Waals surface area contributed by atoms with Crippen molar-refractivity contribution in [3.63, 3.8) is 0 Å². The summed E-state index contributed by atoms with van der Waals surface area (Å²) in [5.74, 6) is 0. The molecule has 3 rings (SSSR count). The highest BCUT2D eigenvalue weighted by Gasteiger charge is 2.18. The van der Waals surface area contributed by atoms with E-state index < -0.39 is 0 Å². The van der Waals surface area contributed by atoms with E-state index in [1.807, 2.05) is 13.0 Å². The highest BCUT2D eigenvalue weighted by atomic mass is 32.1. The highest BCUT2D eigenvalue weighted by Crippen LogP contribution is 2.32. The molecule has 0 aliphatic carbocycles. The summed E-state index contributed by atoms with van der Waals surface area (Å²) in [6.07, 6.45) is 1.28. The van der Waals surface area contributed by atoms with Crippen LogP contribution in [0.2, 0.25) is 0 Å². The third kappa shape index (κ3) is 2.53. The predicted molar refractivity (Wildman–Crippen MR) is 81.0 cm³/mol. The summed E-state index contributed by atoms with van der Waals surface area (Å²) in [6.45, 7) is 6.85. The molecule has 0 spiro atoms. The molecule has 102 valence electrons. The summed E-state index contributed by atoms with van der Waals surface area (Å²) < 4.78 is 6.85. The summed E-state index contributed by atoms with van der Waals surface area (Å²) >= 11 is 1.69. The Kier molecular flexibility index (Phi) is 3.33. The summed E-state index contributed by atoms with van der Waals surface area (Å²) in [4.78, 5) is 6.88. The third-order valence-electron chi connectivity index (χ3n) is 3.44. The molecule has 0 amide bonds. The van der Waals surface area contributed by atoms with Gasteiger partial charge in [0.05, 0.1) is 32.7 Å². The summed E-state index contributed by atoms with van der Waals surface area (Å²) in [5, 5.41) is 1.08. The lowest BCUT2D eigenvalue weighted by Gasteiger charge is -2.25. The minimum Gasteiger partial charge on any atom is -0.397 e. The topological polar surface area (TPSA) is 51.4 Å². The number of thiazole rings is 1. The van der Waals surface area contributed by atoms with E-state index in [-0.39, 0.29) is 6.10 Å². The Morgan fingerprint density at radius 1 is 1.47 bits per heavy atom. The standard InChI is InChI=1S/C14H19N3OS/c1-9-8-17(4-3-5-18-9)13-7-12-14(6-11(13)15)19-10(2)16-12/h6-7,9H,3-5,8,15H2,1-2H3. The molecule has 1 fully saturated rings. The number of aryl methyl sites for hydroxylation is 1. The normalized spacial score (nSPS) is 20.7. The molecule has 0 radical (unpaired) electrons. The van der Waals surface area contributed by atoms with Gasteiger partial charge in [-0.15, -0.1) is 11.3 Å². The van der Waals surface area contributed by atoms with Crippen molar-refractivity contribution in [1.29, 1.82) is 0 Å². The van der Waals surface area contributed by atoms with Crippen molar-refractivity contribution in [1.82, 2.24) is 4.98 Å². The molecule has 19 heavy (non-hydrogen) atoms. The number of nitrogens with two attached hydrogens (primary N) is 1. The van der Waals surface area contributed by atoms with Gasteiger partial charge in [-0.2, -0.15) is 0 Å². The van der Waals surface area contributed by atoms with E-state index in [1.165, 1.54) is 0 Å². The number of anilines is 2. The first-order valence-electron chi connectivity index (χ1n) is 6.66. The lowest BCUT2D eigenvalue weighted by molar-refractivity contribution is 0.0821. The second kappa shape index (κ2) is 4.98. The Morgan fingerprint density at radius 2 is 2.32 bits per heavy atom. The monoisotopic (exact) mass is 277 g/mol. The van der Waals surface area contributed by atoms with Crippen LogP contribution in [-0.4, -0.2) is 30.8 Å². The molecule has 0 saturated carbocycles. The van der Waals surface area contributed by atoms with E-state index in [0.717, 1.165) is 52.7 Å². The minimum absolute atomic E-state index is 0.245. The average molecular weight is 277 g/mol. The first-order valence-corrected chi connectivity index (χ1v) is 7.48. The van der Waals surface area contributed by atoms with E-state index in [0.29, 0.717) is 0 Å². The number of nitrogen functional groups attached to an aromatic ring is 1. The zero-order chi connectivity index (χ0) is 13.4. The Hall–Kier alpha value is -1.33. The van der Waals surface area contributed by atoms with Gasteiger partial charge in [-0.25, -0.2) is 4.98 Å². The molecule has 5 heteroatoms. The highest BCUT2D eigenvalue weighted by molar-refractivity contribution is 7.18. The van der Waals surface area contributed by atoms with Gasteiger partial charge in [0.2, 0.25) is 0 Å². The molecule has 1 atom stereocenters. The number of ether oxygens (including phenoxy) is 1. The largest absolute Gasteiger partial charge is 0.397 e. The molecule has 2 aromatic rings. The molecule has 1 aromatic heterocycles. The van der Waals surface area contributed by atoms with Crippen molar-refractivity contribution in [2.75, 3.05) is 30.3 Å². The van der Waals surface area contributed by atoms with Gasteiger partial charge in [-0.05, 0) is 32.4 Å². The summed E-state index contributed by atoms with van der Waals surface area (Å²) in [6, 6.07) is 4.16. The number of aromatic nitrogens is 1. The van der Waals surface area contributed by atoms with Crippen LogP contribution in [0.15, 0.2) is 12.1 Å². The molecule has 1 saturated heterocycles. The van der Waals surface area contributed by atoms with Crippen molar-refractivity contribution >= 4 is 32.9 Å². The van der Waals surface area contributed by atoms with Crippen molar-refractivity contribution in [2.45, 2.75) is 26.4 Å². The van der Waals surface area contributed by atoms with E-state index in [9.17, 15) is 0 Å². The Labute approximate surface area is 117 Å². The van der Waals surface area contributed by atoms with E-state index >= 15 is 0 Å². The molecule has 0 bridgehead atoms. The molecule has 1 unspecified atom stereocenters. The van der Waals surface area contributed by atoms with Crippen LogP contribution >= 0.6 is 11.3 Å². The van der Waals surface area contributed by atoms with E-state index in [2.05, 4.69) is 22.9 Å². The van der Waals surface area contributed by atoms with Crippen LogP contribution in [0.1, 0.15) is 18.4 Å². The Bertz CT molecular complexity index is 596. The second-order valence-electron chi connectivity index (χ2n) is 5.09. The maximum absolute atomic E-state index is 6.22. The summed E-state index contributed by atoms with van der Waals surface area (Å²) in [7, 11) is 0. The molecular weight excluding hydrogens is 258 g/mol. The number of benzene rings is 1. The van der Waals surface area contributed by atoms with E-state index in [4.69, 9.17) is 10.5 Å². The third-order valence-corrected chi connectivity index (χ3v) is 4.37. The molecular formula is C14H19N3OS. The zero-order valence-corrected chi connectivity index (χ0v) is 12.2. The fourth-order valence-corrected chi connectivity index (χ4v) is 3.44. The fraction of sp³-hybridized carbons (Fsp3) is 0.500. The molecule has 1 aliphatic heterocycles. The molecule has 2 N–H and O–H groups in total. The average Bonchev–Trinajstić information content (AvgIpc) is 2.56. The van der Waals surface area contributed by atoms with Gasteiger partial charge in [-0.3, -0.25) is 0 Å². The van der Waals surface area contributed by atoms with Crippen LogP contribution in [0.3, 0.4) is 0 Å². The molecule has 1 aromatic carbocycles. The van der Waals surface area contributed by atoms with Gasteiger partial charge in [0.15, 0.2) is 0 Å². The number of nitrogens with zero attached hydrogens (tertiary/aromatic N) is 2. The van der Waals surface area contributed by atoms with Crippen LogP contribution in [0.25, 0.3) is 10.2 Å². The first-order chi connectivity index (χ1) is 9.13. The fourth-order valence-electron chi connectivity index (χ4n) is 2.58. The Balaban J connectivity index is 2.00. The minimum atomic E-state index is 0.245. The smallest absolute Gasteiger partial charge is 0.0907 e. The van der Waals surface area contributed by atoms with Gasteiger partial charge in [0.1, 0.15) is 0 Å².